The lowest BCUT2D eigenvalue weighted by Crippen LogP contribution is -2.41. The number of hydrogen-bond acceptors (Lipinski definition) is 3. The van der Waals surface area contributed by atoms with Gasteiger partial charge in [-0.1, -0.05) is 48.5 Å². The standard InChI is InChI=1S/C21H30N4O2S.HI/c1-21(2,3)24-28(26,27)19-14-10-9-13-18(19)15-23-20(22-4)25(5)16-17-11-7-6-8-12-17;/h6-14,24H,15-16H2,1-5H3,(H,22,23);1H. The van der Waals surface area contributed by atoms with Crippen molar-refractivity contribution in [2.45, 2.75) is 44.3 Å². The molecule has 160 valence electrons. The second kappa shape index (κ2) is 10.9. The summed E-state index contributed by atoms with van der Waals surface area (Å²) in [6.45, 7) is 6.53. The molecule has 0 unspecified atom stereocenters. The second-order valence-electron chi connectivity index (χ2n) is 7.71. The van der Waals surface area contributed by atoms with Crippen LogP contribution in [0.25, 0.3) is 0 Å². The summed E-state index contributed by atoms with van der Waals surface area (Å²) in [4.78, 5) is 6.59. The molecule has 0 fully saturated rings. The lowest BCUT2D eigenvalue weighted by molar-refractivity contribution is 0.475. The molecule has 0 aliphatic heterocycles. The number of hydrogen-bond donors (Lipinski definition) is 2. The van der Waals surface area contributed by atoms with Crippen molar-refractivity contribution in [2.24, 2.45) is 4.99 Å². The van der Waals surface area contributed by atoms with E-state index in [1.165, 1.54) is 5.56 Å². The van der Waals surface area contributed by atoms with E-state index < -0.39 is 15.6 Å². The molecule has 0 saturated carbocycles. The molecule has 6 nitrogen and oxygen atoms in total. The molecule has 0 aliphatic rings. The Morgan fingerprint density at radius 3 is 2.21 bits per heavy atom. The largest absolute Gasteiger partial charge is 0.352 e. The second-order valence-corrected chi connectivity index (χ2v) is 9.36. The third-order valence-corrected chi connectivity index (χ3v) is 5.83. The van der Waals surface area contributed by atoms with Gasteiger partial charge in [-0.25, -0.2) is 13.1 Å². The van der Waals surface area contributed by atoms with E-state index in [4.69, 9.17) is 0 Å². The Balaban J connectivity index is 0.00000420. The number of nitrogens with zero attached hydrogens (tertiary/aromatic N) is 2. The van der Waals surface area contributed by atoms with Crippen molar-refractivity contribution in [3.8, 4) is 0 Å². The summed E-state index contributed by atoms with van der Waals surface area (Å²) in [5.41, 5.74) is 1.31. The summed E-state index contributed by atoms with van der Waals surface area (Å²) in [7, 11) is 0.0509. The Morgan fingerprint density at radius 1 is 1.03 bits per heavy atom. The van der Waals surface area contributed by atoms with Gasteiger partial charge in [0.2, 0.25) is 10.0 Å². The van der Waals surface area contributed by atoms with Gasteiger partial charge in [0.25, 0.3) is 0 Å². The lowest BCUT2D eigenvalue weighted by Gasteiger charge is -2.24. The summed E-state index contributed by atoms with van der Waals surface area (Å²) in [5.74, 6) is 0.694. The summed E-state index contributed by atoms with van der Waals surface area (Å²) < 4.78 is 28.3. The number of sulfonamides is 1. The van der Waals surface area contributed by atoms with E-state index in [0.29, 0.717) is 24.6 Å². The zero-order chi connectivity index (χ0) is 20.8. The molecule has 0 aromatic heterocycles. The Hall–Kier alpha value is -1.65. The molecule has 0 aliphatic carbocycles. The van der Waals surface area contributed by atoms with Crippen LogP contribution in [0.15, 0.2) is 64.5 Å². The summed E-state index contributed by atoms with van der Waals surface area (Å²) >= 11 is 0. The van der Waals surface area contributed by atoms with Gasteiger partial charge in [0.15, 0.2) is 5.96 Å². The van der Waals surface area contributed by atoms with Crippen molar-refractivity contribution in [2.75, 3.05) is 14.1 Å². The molecule has 2 aromatic rings. The van der Waals surface area contributed by atoms with Gasteiger partial charge < -0.3 is 10.2 Å². The van der Waals surface area contributed by atoms with Gasteiger partial charge in [0.05, 0.1) is 4.90 Å². The van der Waals surface area contributed by atoms with E-state index >= 15 is 0 Å². The van der Waals surface area contributed by atoms with E-state index in [0.717, 1.165) is 0 Å². The monoisotopic (exact) mass is 530 g/mol. The van der Waals surface area contributed by atoms with Crippen LogP contribution in [0.4, 0.5) is 0 Å². The number of benzene rings is 2. The molecular formula is C21H31IN4O2S. The molecule has 0 saturated heterocycles. The molecule has 0 bridgehead atoms. The first-order chi connectivity index (χ1) is 13.1. The van der Waals surface area contributed by atoms with E-state index in [9.17, 15) is 8.42 Å². The molecule has 0 heterocycles. The summed E-state index contributed by atoms with van der Waals surface area (Å²) in [5, 5.41) is 3.26. The minimum Gasteiger partial charge on any atom is -0.352 e. The molecule has 2 aromatic carbocycles. The van der Waals surface area contributed by atoms with Crippen molar-refractivity contribution in [3.05, 3.63) is 65.7 Å². The molecule has 0 amide bonds. The SMILES string of the molecule is CN=C(NCc1ccccc1S(=O)(=O)NC(C)(C)C)N(C)Cc1ccccc1.I. The van der Waals surface area contributed by atoms with Crippen LogP contribution in [0.2, 0.25) is 0 Å². The fraction of sp³-hybridized carbons (Fsp3) is 0.381. The maximum Gasteiger partial charge on any atom is 0.241 e. The highest BCUT2D eigenvalue weighted by Crippen LogP contribution is 2.18. The summed E-state index contributed by atoms with van der Waals surface area (Å²) in [6.07, 6.45) is 0. The molecule has 0 atom stereocenters. The quantitative estimate of drug-likeness (QED) is 0.340. The summed E-state index contributed by atoms with van der Waals surface area (Å²) in [6, 6.07) is 17.1. The Kier molecular flexibility index (Phi) is 9.57. The predicted molar refractivity (Wildman–Crippen MR) is 130 cm³/mol. The first kappa shape index (κ1) is 25.4. The number of rotatable bonds is 6. The van der Waals surface area contributed by atoms with Gasteiger partial charge in [-0.2, -0.15) is 0 Å². The smallest absolute Gasteiger partial charge is 0.241 e. The fourth-order valence-corrected chi connectivity index (χ4v) is 4.52. The lowest BCUT2D eigenvalue weighted by atomic mass is 10.1. The van der Waals surface area contributed by atoms with Gasteiger partial charge in [-0.15, -0.1) is 24.0 Å². The molecule has 29 heavy (non-hydrogen) atoms. The van der Waals surface area contributed by atoms with Crippen molar-refractivity contribution in [1.29, 1.82) is 0 Å². The molecule has 2 rings (SSSR count). The minimum absolute atomic E-state index is 0. The average molecular weight is 530 g/mol. The van der Waals surface area contributed by atoms with Crippen LogP contribution < -0.4 is 10.0 Å². The highest BCUT2D eigenvalue weighted by atomic mass is 127. The predicted octanol–water partition coefficient (Wildman–Crippen LogP) is 3.59. The molecule has 2 N–H and O–H groups in total. The van der Waals surface area contributed by atoms with Crippen LogP contribution in [0.5, 0.6) is 0 Å². The Labute approximate surface area is 191 Å². The first-order valence-electron chi connectivity index (χ1n) is 9.20. The van der Waals surface area contributed by atoms with Crippen molar-refractivity contribution >= 4 is 40.0 Å². The highest BCUT2D eigenvalue weighted by Gasteiger charge is 2.24. The van der Waals surface area contributed by atoms with E-state index in [1.807, 2.05) is 63.1 Å². The van der Waals surface area contributed by atoms with E-state index in [-0.39, 0.29) is 28.9 Å². The Bertz CT molecular complexity index is 910. The zero-order valence-electron chi connectivity index (χ0n) is 17.6. The maximum absolute atomic E-state index is 12.8. The van der Waals surface area contributed by atoms with Crippen LogP contribution in [-0.2, 0) is 23.1 Å². The van der Waals surface area contributed by atoms with E-state index in [2.05, 4.69) is 27.2 Å². The number of nitrogens with one attached hydrogen (secondary N) is 2. The van der Waals surface area contributed by atoms with E-state index in [1.54, 1.807) is 19.2 Å². The molecule has 8 heteroatoms. The number of aliphatic imine (C=N–C) groups is 1. The van der Waals surface area contributed by atoms with Gasteiger partial charge in [0, 0.05) is 32.7 Å². The van der Waals surface area contributed by atoms with Crippen LogP contribution >= 0.6 is 24.0 Å². The molecule has 0 spiro atoms. The number of guanidine groups is 1. The third kappa shape index (κ3) is 7.94. The van der Waals surface area contributed by atoms with Gasteiger partial charge in [-0.3, -0.25) is 4.99 Å². The molecule has 0 radical (unpaired) electrons. The fourth-order valence-electron chi connectivity index (χ4n) is 2.86. The number of halogens is 1. The zero-order valence-corrected chi connectivity index (χ0v) is 20.8. The highest BCUT2D eigenvalue weighted by molar-refractivity contribution is 14.0. The minimum atomic E-state index is -3.62. The topological polar surface area (TPSA) is 73.8 Å². The van der Waals surface area contributed by atoms with Gasteiger partial charge >= 0.3 is 0 Å². The van der Waals surface area contributed by atoms with Crippen molar-refractivity contribution in [3.63, 3.8) is 0 Å². The van der Waals surface area contributed by atoms with Crippen LogP contribution in [-0.4, -0.2) is 38.9 Å². The molecular weight excluding hydrogens is 499 g/mol. The first-order valence-corrected chi connectivity index (χ1v) is 10.7. The normalized spacial score (nSPS) is 12.2. The van der Waals surface area contributed by atoms with Crippen LogP contribution in [0, 0.1) is 0 Å². The third-order valence-electron chi connectivity index (χ3n) is 3.98. The van der Waals surface area contributed by atoms with Gasteiger partial charge in [-0.05, 0) is 38.0 Å². The van der Waals surface area contributed by atoms with Crippen molar-refractivity contribution in [1.82, 2.24) is 14.9 Å². The van der Waals surface area contributed by atoms with Gasteiger partial charge in [0.1, 0.15) is 0 Å². The van der Waals surface area contributed by atoms with Crippen LogP contribution in [0.1, 0.15) is 31.9 Å². The Morgan fingerprint density at radius 2 is 1.62 bits per heavy atom. The average Bonchev–Trinajstić information content (AvgIpc) is 2.61. The van der Waals surface area contributed by atoms with Crippen molar-refractivity contribution < 1.29 is 8.42 Å². The van der Waals surface area contributed by atoms with Crippen LogP contribution in [0.3, 0.4) is 0 Å². The maximum atomic E-state index is 12.8.